The summed E-state index contributed by atoms with van der Waals surface area (Å²) in [5, 5.41) is 10.5. The van der Waals surface area contributed by atoms with E-state index in [0.29, 0.717) is 16.2 Å². The van der Waals surface area contributed by atoms with Crippen LogP contribution in [0.25, 0.3) is 11.1 Å². The highest BCUT2D eigenvalue weighted by Gasteiger charge is 2.42. The molecule has 2 N–H and O–H groups in total. The minimum Gasteiger partial charge on any atom is -0.286 e. The van der Waals surface area contributed by atoms with Crippen LogP contribution in [0.4, 0.5) is 13.2 Å². The van der Waals surface area contributed by atoms with E-state index < -0.39 is 39.8 Å². The third kappa shape index (κ3) is 4.50. The molecule has 1 aliphatic heterocycles. The quantitative estimate of drug-likeness (QED) is 0.692. The molecule has 10 heteroatoms. The number of carbonyl (C=O) groups excluding carboxylic acids is 1. The molecule has 0 saturated carbocycles. The molecule has 0 bridgehead atoms. The van der Waals surface area contributed by atoms with Crippen molar-refractivity contribution in [2.45, 2.75) is 43.4 Å². The first-order valence-corrected chi connectivity index (χ1v) is 10.7. The fourth-order valence-corrected chi connectivity index (χ4v) is 4.55. The van der Waals surface area contributed by atoms with Gasteiger partial charge in [-0.2, -0.15) is 17.9 Å². The highest BCUT2D eigenvalue weighted by molar-refractivity contribution is 7.89. The van der Waals surface area contributed by atoms with Crippen LogP contribution in [0.2, 0.25) is 0 Å². The number of alkyl halides is 3. The van der Waals surface area contributed by atoms with Crippen LogP contribution in [0.5, 0.6) is 0 Å². The first-order chi connectivity index (χ1) is 13.9. The molecule has 30 heavy (non-hydrogen) atoms. The molecule has 162 valence electrons. The summed E-state index contributed by atoms with van der Waals surface area (Å²) in [6, 6.07) is 8.56. The summed E-state index contributed by atoms with van der Waals surface area (Å²) in [6.07, 6.45) is -4.28. The van der Waals surface area contributed by atoms with Crippen LogP contribution < -0.4 is 4.72 Å². The molecule has 2 aromatic rings. The second kappa shape index (κ2) is 8.01. The Bertz CT molecular complexity index is 1020. The lowest BCUT2D eigenvalue weighted by atomic mass is 10.0. The van der Waals surface area contributed by atoms with Crippen LogP contribution >= 0.6 is 0 Å². The molecular weight excluding hydrogens is 421 g/mol. The number of halogens is 3. The Balaban J connectivity index is 1.76. The van der Waals surface area contributed by atoms with Gasteiger partial charge >= 0.3 is 6.18 Å². The van der Waals surface area contributed by atoms with E-state index in [4.69, 9.17) is 0 Å². The van der Waals surface area contributed by atoms with Crippen LogP contribution in [0.15, 0.2) is 53.4 Å². The number of rotatable bonds is 5. The molecule has 0 unspecified atom stereocenters. The van der Waals surface area contributed by atoms with Crippen LogP contribution in [0, 0.1) is 5.92 Å². The zero-order chi connectivity index (χ0) is 22.3. The highest BCUT2D eigenvalue weighted by atomic mass is 32.2. The van der Waals surface area contributed by atoms with Gasteiger partial charge in [0.15, 0.2) is 0 Å². The Kier molecular flexibility index (Phi) is 5.94. The van der Waals surface area contributed by atoms with E-state index in [1.165, 1.54) is 36.4 Å². The maximum atomic E-state index is 12.7. The maximum absolute atomic E-state index is 12.7. The van der Waals surface area contributed by atoms with Crippen molar-refractivity contribution in [3.05, 3.63) is 54.1 Å². The average Bonchev–Trinajstić information content (AvgIpc) is 2.96. The number of hydrogen-bond donors (Lipinski definition) is 2. The molecule has 0 aliphatic carbocycles. The minimum absolute atomic E-state index is 0.0449. The fraction of sp³-hybridized carbons (Fsp3) is 0.350. The molecule has 1 fully saturated rings. The van der Waals surface area contributed by atoms with Crippen molar-refractivity contribution in [3.8, 4) is 11.1 Å². The van der Waals surface area contributed by atoms with E-state index in [-0.39, 0.29) is 17.2 Å². The monoisotopic (exact) mass is 442 g/mol. The first-order valence-electron chi connectivity index (χ1n) is 9.22. The summed E-state index contributed by atoms with van der Waals surface area (Å²) >= 11 is 0. The number of nitrogens with zero attached hydrogens (tertiary/aromatic N) is 1. The standard InChI is InChI=1S/C20H21F3N2O4S/c1-12(2)18-11-17(19(26)25(18)27)24-30(28,29)16-9-5-14(6-10-16)13-3-7-15(8-4-13)20(21,22)23/h3-10,12,17-18,24,27H,11H2,1-2H3/t17-,18+/m1/s1. The number of nitrogens with one attached hydrogen (secondary N) is 1. The average molecular weight is 442 g/mol. The molecular formula is C20H21F3N2O4S. The Hall–Kier alpha value is -2.43. The minimum atomic E-state index is -4.43. The van der Waals surface area contributed by atoms with Gasteiger partial charge in [0, 0.05) is 0 Å². The molecule has 0 radical (unpaired) electrons. The van der Waals surface area contributed by atoms with E-state index in [1.54, 1.807) is 0 Å². The van der Waals surface area contributed by atoms with Crippen molar-refractivity contribution < 1.29 is 31.6 Å². The highest BCUT2D eigenvalue weighted by Crippen LogP contribution is 2.31. The lowest BCUT2D eigenvalue weighted by molar-refractivity contribution is -0.169. The van der Waals surface area contributed by atoms with Crippen molar-refractivity contribution in [2.75, 3.05) is 0 Å². The number of hydroxylamine groups is 2. The molecule has 1 heterocycles. The number of amides is 1. The summed E-state index contributed by atoms with van der Waals surface area (Å²) in [7, 11) is -4.03. The van der Waals surface area contributed by atoms with Gasteiger partial charge < -0.3 is 0 Å². The van der Waals surface area contributed by atoms with Gasteiger partial charge in [0.25, 0.3) is 5.91 Å². The van der Waals surface area contributed by atoms with Gasteiger partial charge in [-0.3, -0.25) is 10.0 Å². The predicted octanol–water partition coefficient (Wildman–Crippen LogP) is 3.67. The summed E-state index contributed by atoms with van der Waals surface area (Å²) in [6.45, 7) is 3.63. The zero-order valence-electron chi connectivity index (χ0n) is 16.2. The summed E-state index contributed by atoms with van der Waals surface area (Å²) in [4.78, 5) is 12.0. The Morgan fingerprint density at radius 2 is 1.53 bits per heavy atom. The van der Waals surface area contributed by atoms with E-state index >= 15 is 0 Å². The number of hydrogen-bond acceptors (Lipinski definition) is 4. The first kappa shape index (κ1) is 22.3. The number of carbonyl (C=O) groups is 1. The van der Waals surface area contributed by atoms with Crippen LogP contribution in [0.1, 0.15) is 25.8 Å². The summed E-state index contributed by atoms with van der Waals surface area (Å²) < 4.78 is 65.6. The Morgan fingerprint density at radius 1 is 1.03 bits per heavy atom. The predicted molar refractivity (Wildman–Crippen MR) is 103 cm³/mol. The van der Waals surface area contributed by atoms with E-state index in [2.05, 4.69) is 4.72 Å². The Morgan fingerprint density at radius 3 is 1.97 bits per heavy atom. The molecule has 0 aromatic heterocycles. The van der Waals surface area contributed by atoms with Crippen molar-refractivity contribution >= 4 is 15.9 Å². The third-order valence-electron chi connectivity index (χ3n) is 5.09. The van der Waals surface area contributed by atoms with Gasteiger partial charge in [-0.1, -0.05) is 38.1 Å². The normalized spacial score (nSPS) is 20.2. The molecule has 2 aromatic carbocycles. The molecule has 1 saturated heterocycles. The summed E-state index contributed by atoms with van der Waals surface area (Å²) in [5.41, 5.74) is 0.274. The number of sulfonamides is 1. The van der Waals surface area contributed by atoms with E-state index in [9.17, 15) is 31.6 Å². The van der Waals surface area contributed by atoms with Crippen LogP contribution in [0.3, 0.4) is 0 Å². The molecule has 3 rings (SSSR count). The van der Waals surface area contributed by atoms with Crippen LogP contribution in [-0.2, 0) is 21.0 Å². The van der Waals surface area contributed by atoms with Gasteiger partial charge in [-0.05, 0) is 47.7 Å². The zero-order valence-corrected chi connectivity index (χ0v) is 17.0. The van der Waals surface area contributed by atoms with Gasteiger partial charge in [0.05, 0.1) is 16.5 Å². The maximum Gasteiger partial charge on any atom is 0.416 e. The van der Waals surface area contributed by atoms with Crippen molar-refractivity contribution in [1.29, 1.82) is 0 Å². The molecule has 1 aliphatic rings. The molecule has 2 atom stereocenters. The Labute approximate surface area is 172 Å². The summed E-state index contributed by atoms with van der Waals surface area (Å²) in [5.74, 6) is -0.755. The van der Waals surface area contributed by atoms with Gasteiger partial charge in [0.2, 0.25) is 10.0 Å². The second-order valence-corrected chi connectivity index (χ2v) is 9.22. The SMILES string of the molecule is CC(C)[C@@H]1C[C@@H](NS(=O)(=O)c2ccc(-c3ccc(C(F)(F)F)cc3)cc2)C(=O)N1O. The number of benzene rings is 2. The lowest BCUT2D eigenvalue weighted by Crippen LogP contribution is -2.41. The van der Waals surface area contributed by atoms with E-state index in [1.807, 2.05) is 13.8 Å². The smallest absolute Gasteiger partial charge is 0.286 e. The molecule has 1 amide bonds. The van der Waals surface area contributed by atoms with Gasteiger partial charge in [0.1, 0.15) is 6.04 Å². The lowest BCUT2D eigenvalue weighted by Gasteiger charge is -2.20. The second-order valence-electron chi connectivity index (χ2n) is 7.50. The van der Waals surface area contributed by atoms with Gasteiger partial charge in [-0.25, -0.2) is 13.5 Å². The van der Waals surface area contributed by atoms with Crippen LogP contribution in [-0.4, -0.2) is 36.7 Å². The topological polar surface area (TPSA) is 86.7 Å². The fourth-order valence-electron chi connectivity index (χ4n) is 3.35. The third-order valence-corrected chi connectivity index (χ3v) is 6.58. The van der Waals surface area contributed by atoms with Crippen molar-refractivity contribution in [3.63, 3.8) is 0 Å². The van der Waals surface area contributed by atoms with Gasteiger partial charge in [-0.15, -0.1) is 0 Å². The van der Waals surface area contributed by atoms with Crippen molar-refractivity contribution in [2.24, 2.45) is 5.92 Å². The molecule has 6 nitrogen and oxygen atoms in total. The molecule has 0 spiro atoms. The van der Waals surface area contributed by atoms with E-state index in [0.717, 1.165) is 12.1 Å². The largest absolute Gasteiger partial charge is 0.416 e. The van der Waals surface area contributed by atoms with Crippen molar-refractivity contribution in [1.82, 2.24) is 9.79 Å².